The number of hydrogen-bond acceptors (Lipinski definition) is 4. The molecule has 0 aliphatic carbocycles. The van der Waals surface area contributed by atoms with E-state index < -0.39 is 0 Å². The van der Waals surface area contributed by atoms with E-state index in [2.05, 4.69) is 15.3 Å². The van der Waals surface area contributed by atoms with Crippen molar-refractivity contribution in [2.75, 3.05) is 25.0 Å². The summed E-state index contributed by atoms with van der Waals surface area (Å²) in [5, 5.41) is 3.33. The van der Waals surface area contributed by atoms with E-state index >= 15 is 0 Å². The number of rotatable bonds is 1. The fourth-order valence-corrected chi connectivity index (χ4v) is 2.75. The number of hydrogen-bond donors (Lipinski definition) is 1. The molecule has 18 heavy (non-hydrogen) atoms. The summed E-state index contributed by atoms with van der Waals surface area (Å²) in [5.41, 5.74) is 2.16. The SMILES string of the molecule is Cc1nc(C2CCNC2)nc2c1CCC(=O)N2C. The fourth-order valence-electron chi connectivity index (χ4n) is 2.75. The van der Waals surface area contributed by atoms with Gasteiger partial charge < -0.3 is 5.32 Å². The standard InChI is InChI=1S/C13H18N4O/c1-8-10-3-4-11(18)17(2)13(10)16-12(15-8)9-5-6-14-7-9/h9,14H,3-7H2,1-2H3. The third-order valence-electron chi connectivity index (χ3n) is 3.92. The molecule has 1 fully saturated rings. The zero-order valence-electron chi connectivity index (χ0n) is 10.9. The highest BCUT2D eigenvalue weighted by Crippen LogP contribution is 2.29. The first kappa shape index (κ1) is 11.6. The van der Waals surface area contributed by atoms with E-state index in [1.807, 2.05) is 14.0 Å². The lowest BCUT2D eigenvalue weighted by Gasteiger charge is -2.26. The van der Waals surface area contributed by atoms with E-state index in [4.69, 9.17) is 0 Å². The summed E-state index contributed by atoms with van der Waals surface area (Å²) in [6, 6.07) is 0. The maximum Gasteiger partial charge on any atom is 0.228 e. The summed E-state index contributed by atoms with van der Waals surface area (Å²) in [5.74, 6) is 2.24. The Morgan fingerprint density at radius 3 is 2.89 bits per heavy atom. The van der Waals surface area contributed by atoms with Crippen molar-refractivity contribution in [1.29, 1.82) is 0 Å². The molecule has 1 atom stereocenters. The first-order valence-corrected chi connectivity index (χ1v) is 6.51. The van der Waals surface area contributed by atoms with Crippen molar-refractivity contribution in [2.45, 2.75) is 32.1 Å². The lowest BCUT2D eigenvalue weighted by atomic mass is 10.0. The number of carbonyl (C=O) groups is 1. The molecule has 1 aromatic heterocycles. The van der Waals surface area contributed by atoms with Crippen molar-refractivity contribution >= 4 is 11.7 Å². The molecule has 2 aliphatic heterocycles. The van der Waals surface area contributed by atoms with Crippen LogP contribution in [0.2, 0.25) is 0 Å². The number of aromatic nitrogens is 2. The summed E-state index contributed by atoms with van der Waals surface area (Å²) < 4.78 is 0. The van der Waals surface area contributed by atoms with Gasteiger partial charge in [-0.05, 0) is 26.3 Å². The molecule has 3 heterocycles. The van der Waals surface area contributed by atoms with Crippen LogP contribution in [0.25, 0.3) is 0 Å². The summed E-state index contributed by atoms with van der Waals surface area (Å²) >= 11 is 0. The average Bonchev–Trinajstić information content (AvgIpc) is 2.88. The number of nitrogens with zero attached hydrogens (tertiary/aromatic N) is 3. The molecule has 0 bridgehead atoms. The molecular weight excluding hydrogens is 228 g/mol. The first-order chi connectivity index (χ1) is 8.66. The maximum atomic E-state index is 11.8. The van der Waals surface area contributed by atoms with E-state index in [0.717, 1.165) is 48.8 Å². The van der Waals surface area contributed by atoms with Crippen molar-refractivity contribution in [3.8, 4) is 0 Å². The molecule has 5 heteroatoms. The molecule has 1 unspecified atom stereocenters. The molecule has 3 rings (SSSR count). The normalized spacial score (nSPS) is 23.3. The van der Waals surface area contributed by atoms with Crippen LogP contribution in [0.4, 0.5) is 5.82 Å². The van der Waals surface area contributed by atoms with Crippen molar-refractivity contribution in [1.82, 2.24) is 15.3 Å². The zero-order chi connectivity index (χ0) is 12.7. The van der Waals surface area contributed by atoms with Crippen LogP contribution < -0.4 is 10.2 Å². The highest BCUT2D eigenvalue weighted by atomic mass is 16.2. The molecule has 1 aromatic rings. The van der Waals surface area contributed by atoms with Gasteiger partial charge in [0.2, 0.25) is 5.91 Å². The molecule has 0 spiro atoms. The van der Waals surface area contributed by atoms with Crippen LogP contribution in [0, 0.1) is 6.92 Å². The van der Waals surface area contributed by atoms with Crippen molar-refractivity contribution in [3.63, 3.8) is 0 Å². The smallest absolute Gasteiger partial charge is 0.228 e. The molecule has 0 saturated carbocycles. The van der Waals surface area contributed by atoms with Gasteiger partial charge in [-0.3, -0.25) is 9.69 Å². The molecule has 1 N–H and O–H groups in total. The van der Waals surface area contributed by atoms with E-state index in [9.17, 15) is 4.79 Å². The highest BCUT2D eigenvalue weighted by Gasteiger charge is 2.27. The molecule has 1 saturated heterocycles. The van der Waals surface area contributed by atoms with Gasteiger partial charge in [0, 0.05) is 37.2 Å². The van der Waals surface area contributed by atoms with E-state index in [1.165, 1.54) is 0 Å². The van der Waals surface area contributed by atoms with Gasteiger partial charge in [0.05, 0.1) is 0 Å². The first-order valence-electron chi connectivity index (χ1n) is 6.51. The van der Waals surface area contributed by atoms with Crippen LogP contribution in [0.15, 0.2) is 0 Å². The molecule has 2 aliphatic rings. The van der Waals surface area contributed by atoms with Gasteiger partial charge in [-0.15, -0.1) is 0 Å². The van der Waals surface area contributed by atoms with Gasteiger partial charge in [-0.1, -0.05) is 0 Å². The minimum Gasteiger partial charge on any atom is -0.316 e. The summed E-state index contributed by atoms with van der Waals surface area (Å²) in [6.45, 7) is 3.99. The number of aryl methyl sites for hydroxylation is 1. The van der Waals surface area contributed by atoms with Crippen LogP contribution in [0.3, 0.4) is 0 Å². The fraction of sp³-hybridized carbons (Fsp3) is 0.615. The third kappa shape index (κ3) is 1.79. The summed E-state index contributed by atoms with van der Waals surface area (Å²) in [7, 11) is 1.81. The highest BCUT2D eigenvalue weighted by molar-refractivity contribution is 5.94. The van der Waals surface area contributed by atoms with Gasteiger partial charge >= 0.3 is 0 Å². The molecule has 0 radical (unpaired) electrons. The van der Waals surface area contributed by atoms with Gasteiger partial charge in [0.25, 0.3) is 0 Å². The number of fused-ring (bicyclic) bond motifs is 1. The minimum absolute atomic E-state index is 0.149. The van der Waals surface area contributed by atoms with Gasteiger partial charge in [0.15, 0.2) is 0 Å². The number of amides is 1. The number of anilines is 1. The van der Waals surface area contributed by atoms with Crippen LogP contribution in [-0.2, 0) is 11.2 Å². The Hall–Kier alpha value is -1.49. The van der Waals surface area contributed by atoms with Crippen LogP contribution in [-0.4, -0.2) is 36.0 Å². The molecule has 96 valence electrons. The van der Waals surface area contributed by atoms with E-state index in [0.29, 0.717) is 12.3 Å². The lowest BCUT2D eigenvalue weighted by molar-refractivity contribution is -0.118. The second kappa shape index (κ2) is 4.31. The minimum atomic E-state index is 0.149. The lowest BCUT2D eigenvalue weighted by Crippen LogP contribution is -2.33. The van der Waals surface area contributed by atoms with Crippen LogP contribution in [0.1, 0.15) is 35.8 Å². The maximum absolute atomic E-state index is 11.8. The van der Waals surface area contributed by atoms with Crippen molar-refractivity contribution < 1.29 is 4.79 Å². The number of nitrogens with one attached hydrogen (secondary N) is 1. The summed E-state index contributed by atoms with van der Waals surface area (Å²) in [6.07, 6.45) is 2.42. The zero-order valence-corrected chi connectivity index (χ0v) is 10.9. The Kier molecular flexibility index (Phi) is 2.78. The topological polar surface area (TPSA) is 58.1 Å². The molecular formula is C13H18N4O. The Labute approximate surface area is 107 Å². The Balaban J connectivity index is 2.04. The van der Waals surface area contributed by atoms with Gasteiger partial charge in [-0.2, -0.15) is 0 Å². The summed E-state index contributed by atoms with van der Waals surface area (Å²) in [4.78, 5) is 22.7. The second-order valence-corrected chi connectivity index (χ2v) is 5.11. The predicted octanol–water partition coefficient (Wildman–Crippen LogP) is 0.771. The van der Waals surface area contributed by atoms with Crippen molar-refractivity contribution in [2.24, 2.45) is 0 Å². The van der Waals surface area contributed by atoms with Crippen LogP contribution >= 0.6 is 0 Å². The average molecular weight is 246 g/mol. The largest absolute Gasteiger partial charge is 0.316 e. The monoisotopic (exact) mass is 246 g/mol. The van der Waals surface area contributed by atoms with Gasteiger partial charge in [0.1, 0.15) is 11.6 Å². The number of carbonyl (C=O) groups excluding carboxylic acids is 1. The van der Waals surface area contributed by atoms with Crippen molar-refractivity contribution in [3.05, 3.63) is 17.1 Å². The van der Waals surface area contributed by atoms with Crippen LogP contribution in [0.5, 0.6) is 0 Å². The quantitative estimate of drug-likeness (QED) is 0.795. The molecule has 1 amide bonds. The Morgan fingerprint density at radius 2 is 2.17 bits per heavy atom. The Morgan fingerprint density at radius 1 is 1.33 bits per heavy atom. The Bertz CT molecular complexity index is 494. The van der Waals surface area contributed by atoms with E-state index in [-0.39, 0.29) is 5.91 Å². The second-order valence-electron chi connectivity index (χ2n) is 5.11. The van der Waals surface area contributed by atoms with E-state index in [1.54, 1.807) is 4.90 Å². The predicted molar refractivity (Wildman–Crippen MR) is 68.7 cm³/mol. The third-order valence-corrected chi connectivity index (χ3v) is 3.92. The molecule has 0 aromatic carbocycles. The molecule has 5 nitrogen and oxygen atoms in total. The van der Waals surface area contributed by atoms with Gasteiger partial charge in [-0.25, -0.2) is 9.97 Å².